The molecule has 0 fully saturated rings. The summed E-state index contributed by atoms with van der Waals surface area (Å²) in [5.41, 5.74) is 5.46. The van der Waals surface area contributed by atoms with Gasteiger partial charge < -0.3 is 11.1 Å². The third-order valence-electron chi connectivity index (χ3n) is 1.88. The molecule has 0 aliphatic heterocycles. The van der Waals surface area contributed by atoms with Gasteiger partial charge in [-0.3, -0.25) is 4.79 Å². The molecule has 0 radical (unpaired) electrons. The van der Waals surface area contributed by atoms with Crippen molar-refractivity contribution in [2.24, 2.45) is 0 Å². The van der Waals surface area contributed by atoms with Gasteiger partial charge in [0, 0.05) is 0 Å². The molecular weight excluding hydrogens is 302 g/mol. The Morgan fingerprint density at radius 2 is 1.94 bits per heavy atom. The molecule has 0 aliphatic carbocycles. The van der Waals surface area contributed by atoms with E-state index in [2.05, 4.69) is 15.5 Å². The lowest BCUT2D eigenvalue weighted by atomic mass is 10.3. The number of carbonyl (C=O) groups excluding carboxylic acids is 1. The molecule has 0 spiro atoms. The topological polar surface area (TPSA) is 80.9 Å². The number of amides is 1. The normalized spacial score (nSPS) is 10.4. The second kappa shape index (κ2) is 5.05. The number of nitrogens with two attached hydrogens (primary N) is 1. The van der Waals surface area contributed by atoms with E-state index in [1.807, 2.05) is 0 Å². The average molecular weight is 307 g/mol. The van der Waals surface area contributed by atoms with E-state index in [-0.39, 0.29) is 25.9 Å². The summed E-state index contributed by atoms with van der Waals surface area (Å²) in [6.07, 6.45) is 0. The quantitative estimate of drug-likeness (QED) is 0.894. The van der Waals surface area contributed by atoms with Crippen LogP contribution in [0.1, 0.15) is 9.80 Å². The van der Waals surface area contributed by atoms with Gasteiger partial charge in [-0.05, 0) is 12.1 Å². The second-order valence-corrected chi connectivity index (χ2v) is 4.97. The molecule has 1 aromatic carbocycles. The molecule has 1 heterocycles. The Labute approximate surface area is 115 Å². The fraction of sp³-hybridized carbons (Fsp3) is 0. The summed E-state index contributed by atoms with van der Waals surface area (Å²) in [7, 11) is 0. The van der Waals surface area contributed by atoms with Crippen LogP contribution in [0.25, 0.3) is 0 Å². The van der Waals surface area contributed by atoms with Gasteiger partial charge >= 0.3 is 0 Å². The highest BCUT2D eigenvalue weighted by atomic mass is 35.5. The van der Waals surface area contributed by atoms with Crippen LogP contribution in [0.2, 0.25) is 10.0 Å². The number of nitrogens with one attached hydrogen (secondary N) is 1. The lowest BCUT2D eigenvalue weighted by Crippen LogP contribution is -2.12. The van der Waals surface area contributed by atoms with Gasteiger partial charge in [-0.15, -0.1) is 10.2 Å². The number of aromatic nitrogens is 2. The second-order valence-electron chi connectivity index (χ2n) is 3.14. The monoisotopic (exact) mass is 306 g/mol. The van der Waals surface area contributed by atoms with E-state index >= 15 is 0 Å². The van der Waals surface area contributed by atoms with Gasteiger partial charge in [0.25, 0.3) is 5.91 Å². The molecule has 5 nitrogen and oxygen atoms in total. The molecule has 18 heavy (non-hydrogen) atoms. The van der Waals surface area contributed by atoms with Gasteiger partial charge in [0.2, 0.25) is 10.1 Å². The Kier molecular flexibility index (Phi) is 3.65. The molecule has 0 saturated carbocycles. The molecule has 1 amide bonds. The van der Waals surface area contributed by atoms with Gasteiger partial charge in [0.1, 0.15) is 5.82 Å². The van der Waals surface area contributed by atoms with E-state index in [0.29, 0.717) is 0 Å². The molecule has 0 atom stereocenters. The SMILES string of the molecule is Nc1nnc(C(=O)Nc2c(Cl)cc(F)cc2Cl)s1. The van der Waals surface area contributed by atoms with Crippen molar-refractivity contribution in [3.05, 3.63) is 33.0 Å². The van der Waals surface area contributed by atoms with Crippen LogP contribution in [-0.2, 0) is 0 Å². The highest BCUT2D eigenvalue weighted by Gasteiger charge is 2.16. The standard InChI is InChI=1S/C9H5Cl2FN4OS/c10-4-1-3(12)2-5(11)6(4)14-7(17)8-15-16-9(13)18-8/h1-2H,(H2,13,16)(H,14,17). The number of hydrogen-bond donors (Lipinski definition) is 2. The highest BCUT2D eigenvalue weighted by Crippen LogP contribution is 2.31. The molecule has 0 aliphatic rings. The Bertz CT molecular complexity index is 595. The van der Waals surface area contributed by atoms with Crippen LogP contribution < -0.4 is 11.1 Å². The van der Waals surface area contributed by atoms with E-state index < -0.39 is 11.7 Å². The minimum atomic E-state index is -0.594. The maximum absolute atomic E-state index is 13.0. The van der Waals surface area contributed by atoms with Gasteiger partial charge in [0.05, 0.1) is 15.7 Å². The van der Waals surface area contributed by atoms with Crippen LogP contribution in [0.4, 0.5) is 15.2 Å². The largest absolute Gasteiger partial charge is 0.374 e. The van der Waals surface area contributed by atoms with Gasteiger partial charge in [-0.2, -0.15) is 0 Å². The van der Waals surface area contributed by atoms with E-state index in [0.717, 1.165) is 23.5 Å². The van der Waals surface area contributed by atoms with Crippen molar-refractivity contribution < 1.29 is 9.18 Å². The summed E-state index contributed by atoms with van der Waals surface area (Å²) in [4.78, 5) is 11.7. The number of carbonyl (C=O) groups is 1. The fourth-order valence-corrected chi connectivity index (χ4v) is 2.21. The summed E-state index contributed by atoms with van der Waals surface area (Å²) < 4.78 is 13.0. The Morgan fingerprint density at radius 3 is 2.44 bits per heavy atom. The van der Waals surface area contributed by atoms with Crippen molar-refractivity contribution in [1.82, 2.24) is 10.2 Å². The van der Waals surface area contributed by atoms with E-state index in [1.165, 1.54) is 0 Å². The Hall–Kier alpha value is -1.44. The molecule has 0 bridgehead atoms. The van der Waals surface area contributed by atoms with Crippen LogP contribution in [0.3, 0.4) is 0 Å². The zero-order valence-corrected chi connectivity index (χ0v) is 10.9. The van der Waals surface area contributed by atoms with Crippen LogP contribution in [0.5, 0.6) is 0 Å². The Balaban J connectivity index is 2.27. The maximum Gasteiger partial charge on any atom is 0.286 e. The van der Waals surface area contributed by atoms with Crippen molar-refractivity contribution in [2.45, 2.75) is 0 Å². The van der Waals surface area contributed by atoms with Crippen molar-refractivity contribution in [3.8, 4) is 0 Å². The zero-order chi connectivity index (χ0) is 13.3. The number of rotatable bonds is 2. The molecule has 0 saturated heterocycles. The summed E-state index contributed by atoms with van der Waals surface area (Å²) >= 11 is 12.5. The van der Waals surface area contributed by atoms with Crippen LogP contribution in [-0.4, -0.2) is 16.1 Å². The minimum absolute atomic E-state index is 0.00848. The third kappa shape index (κ3) is 2.69. The first-order valence-corrected chi connectivity index (χ1v) is 6.09. The van der Waals surface area contributed by atoms with E-state index in [9.17, 15) is 9.18 Å². The summed E-state index contributed by atoms with van der Waals surface area (Å²) in [6.45, 7) is 0. The number of halogens is 3. The van der Waals surface area contributed by atoms with Gasteiger partial charge in [0.15, 0.2) is 0 Å². The third-order valence-corrected chi connectivity index (χ3v) is 3.23. The van der Waals surface area contributed by atoms with Crippen LogP contribution in [0, 0.1) is 5.82 Å². The summed E-state index contributed by atoms with van der Waals surface area (Å²) in [6, 6.07) is 2.08. The molecule has 1 aromatic heterocycles. The first-order chi connectivity index (χ1) is 8.47. The number of nitrogens with zero attached hydrogens (tertiary/aromatic N) is 2. The van der Waals surface area contributed by atoms with Crippen molar-refractivity contribution in [3.63, 3.8) is 0 Å². The predicted octanol–water partition coefficient (Wildman–Crippen LogP) is 2.82. The van der Waals surface area contributed by atoms with Gasteiger partial charge in [-0.25, -0.2) is 4.39 Å². The predicted molar refractivity (Wildman–Crippen MR) is 68.7 cm³/mol. The lowest BCUT2D eigenvalue weighted by Gasteiger charge is -2.07. The van der Waals surface area contributed by atoms with Crippen molar-refractivity contribution in [2.75, 3.05) is 11.1 Å². The number of anilines is 2. The van der Waals surface area contributed by atoms with Crippen LogP contribution in [0.15, 0.2) is 12.1 Å². The lowest BCUT2D eigenvalue weighted by molar-refractivity contribution is 0.102. The smallest absolute Gasteiger partial charge is 0.286 e. The van der Waals surface area contributed by atoms with Crippen molar-refractivity contribution in [1.29, 1.82) is 0 Å². The van der Waals surface area contributed by atoms with Gasteiger partial charge in [-0.1, -0.05) is 34.5 Å². The van der Waals surface area contributed by atoms with E-state index in [4.69, 9.17) is 28.9 Å². The average Bonchev–Trinajstić information content (AvgIpc) is 2.70. The van der Waals surface area contributed by atoms with E-state index in [1.54, 1.807) is 0 Å². The molecule has 9 heteroatoms. The molecule has 2 rings (SSSR count). The number of benzene rings is 1. The summed E-state index contributed by atoms with van der Waals surface area (Å²) in [5, 5.41) is 9.68. The molecule has 2 aromatic rings. The van der Waals surface area contributed by atoms with Crippen LogP contribution >= 0.6 is 34.5 Å². The number of hydrogen-bond acceptors (Lipinski definition) is 5. The Morgan fingerprint density at radius 1 is 1.33 bits per heavy atom. The zero-order valence-electron chi connectivity index (χ0n) is 8.58. The first-order valence-electron chi connectivity index (χ1n) is 4.52. The first kappa shape index (κ1) is 13.0. The maximum atomic E-state index is 13.0. The van der Waals surface area contributed by atoms with Crippen molar-refractivity contribution >= 4 is 51.3 Å². The molecule has 94 valence electrons. The number of nitrogen functional groups attached to an aromatic ring is 1. The minimum Gasteiger partial charge on any atom is -0.374 e. The molecular formula is C9H5Cl2FN4OS. The molecule has 0 unspecified atom stereocenters. The summed E-state index contributed by atoms with van der Waals surface area (Å²) in [5.74, 6) is -1.16. The highest BCUT2D eigenvalue weighted by molar-refractivity contribution is 7.17. The fourth-order valence-electron chi connectivity index (χ4n) is 1.15. The molecule has 3 N–H and O–H groups in total.